The van der Waals surface area contributed by atoms with Crippen LogP contribution < -0.4 is 5.32 Å². The summed E-state index contributed by atoms with van der Waals surface area (Å²) in [4.78, 5) is 17.2. The molecule has 1 N–H and O–H groups in total. The van der Waals surface area contributed by atoms with Crippen LogP contribution in [0.25, 0.3) is 11.0 Å². The average molecular weight is 443 g/mol. The number of amides is 1. The van der Waals surface area contributed by atoms with Crippen LogP contribution in [0.2, 0.25) is 0 Å². The molecule has 2 aromatic carbocycles. The Balaban J connectivity index is 1.84. The molecule has 1 aromatic heterocycles. The van der Waals surface area contributed by atoms with Gasteiger partial charge < -0.3 is 9.88 Å². The van der Waals surface area contributed by atoms with Crippen molar-refractivity contribution in [1.29, 1.82) is 0 Å². The highest BCUT2D eigenvalue weighted by Gasteiger charge is 2.23. The largest absolute Gasteiger partial charge is 0.350 e. The summed E-state index contributed by atoms with van der Waals surface area (Å²) in [6.07, 6.45) is 1.94. The van der Waals surface area contributed by atoms with Crippen molar-refractivity contribution in [3.63, 3.8) is 0 Å². The summed E-state index contributed by atoms with van der Waals surface area (Å²) in [5.41, 5.74) is 3.14. The molecule has 0 atom stereocenters. The SMILES string of the molecule is CCCc1ccc(S(=O)(=O)N(C)Cc2nc3cc(C(=O)NC(C)C)ccc3n2C)cc1. The summed E-state index contributed by atoms with van der Waals surface area (Å²) < 4.78 is 29.2. The number of aromatic nitrogens is 2. The molecular weight excluding hydrogens is 412 g/mol. The molecule has 0 unspecified atom stereocenters. The normalized spacial score (nSPS) is 12.1. The first-order valence-electron chi connectivity index (χ1n) is 10.4. The van der Waals surface area contributed by atoms with E-state index in [0.717, 1.165) is 23.9 Å². The predicted molar refractivity (Wildman–Crippen MR) is 122 cm³/mol. The van der Waals surface area contributed by atoms with Crippen molar-refractivity contribution < 1.29 is 13.2 Å². The van der Waals surface area contributed by atoms with E-state index in [4.69, 9.17) is 0 Å². The van der Waals surface area contributed by atoms with Gasteiger partial charge in [0, 0.05) is 25.7 Å². The zero-order valence-electron chi connectivity index (χ0n) is 18.7. The maximum Gasteiger partial charge on any atom is 0.251 e. The van der Waals surface area contributed by atoms with Gasteiger partial charge in [0.15, 0.2) is 0 Å². The second-order valence-corrected chi connectivity index (χ2v) is 10.1. The van der Waals surface area contributed by atoms with Gasteiger partial charge in [0.2, 0.25) is 10.0 Å². The van der Waals surface area contributed by atoms with E-state index in [1.54, 1.807) is 31.3 Å². The lowest BCUT2D eigenvalue weighted by Crippen LogP contribution is -2.29. The van der Waals surface area contributed by atoms with Gasteiger partial charge in [-0.3, -0.25) is 4.79 Å². The Hall–Kier alpha value is -2.71. The van der Waals surface area contributed by atoms with E-state index in [0.29, 0.717) is 16.9 Å². The Kier molecular flexibility index (Phi) is 6.81. The summed E-state index contributed by atoms with van der Waals surface area (Å²) in [5.74, 6) is 0.445. The van der Waals surface area contributed by atoms with Gasteiger partial charge >= 0.3 is 0 Å². The van der Waals surface area contributed by atoms with Crippen molar-refractivity contribution in [1.82, 2.24) is 19.2 Å². The number of benzene rings is 2. The Morgan fingerprint density at radius 1 is 1.16 bits per heavy atom. The number of nitrogens with zero attached hydrogens (tertiary/aromatic N) is 3. The Morgan fingerprint density at radius 3 is 2.45 bits per heavy atom. The van der Waals surface area contributed by atoms with Crippen LogP contribution in [0.4, 0.5) is 0 Å². The number of fused-ring (bicyclic) bond motifs is 1. The van der Waals surface area contributed by atoms with Crippen LogP contribution in [-0.2, 0) is 30.0 Å². The number of nitrogens with one attached hydrogen (secondary N) is 1. The zero-order chi connectivity index (χ0) is 22.8. The molecule has 8 heteroatoms. The Bertz CT molecular complexity index is 1180. The molecule has 0 radical (unpaired) electrons. The summed E-state index contributed by atoms with van der Waals surface area (Å²) in [7, 11) is -0.245. The first-order chi connectivity index (χ1) is 14.6. The van der Waals surface area contributed by atoms with Crippen LogP contribution >= 0.6 is 0 Å². The number of sulfonamides is 1. The molecule has 166 valence electrons. The zero-order valence-corrected chi connectivity index (χ0v) is 19.5. The van der Waals surface area contributed by atoms with Crippen molar-refractivity contribution in [2.24, 2.45) is 7.05 Å². The molecule has 1 amide bonds. The van der Waals surface area contributed by atoms with Gasteiger partial charge in [-0.05, 0) is 56.2 Å². The molecule has 1 heterocycles. The maximum atomic E-state index is 13.0. The van der Waals surface area contributed by atoms with Gasteiger partial charge in [-0.2, -0.15) is 4.31 Å². The third-order valence-electron chi connectivity index (χ3n) is 5.19. The van der Waals surface area contributed by atoms with Crippen molar-refractivity contribution in [3.8, 4) is 0 Å². The Labute approximate surface area is 184 Å². The van der Waals surface area contributed by atoms with Crippen LogP contribution in [0.15, 0.2) is 47.4 Å². The van der Waals surface area contributed by atoms with E-state index in [9.17, 15) is 13.2 Å². The van der Waals surface area contributed by atoms with E-state index >= 15 is 0 Å². The number of hydrogen-bond acceptors (Lipinski definition) is 4. The van der Waals surface area contributed by atoms with Crippen molar-refractivity contribution in [2.45, 2.75) is 51.1 Å². The van der Waals surface area contributed by atoms with Crippen LogP contribution in [0.5, 0.6) is 0 Å². The van der Waals surface area contributed by atoms with Gasteiger partial charge in [0.25, 0.3) is 5.91 Å². The number of aryl methyl sites for hydroxylation is 2. The minimum absolute atomic E-state index is 0.0392. The average Bonchev–Trinajstić information content (AvgIpc) is 3.03. The number of hydrogen-bond donors (Lipinski definition) is 1. The molecule has 0 aliphatic carbocycles. The fourth-order valence-corrected chi connectivity index (χ4v) is 4.58. The highest BCUT2D eigenvalue weighted by molar-refractivity contribution is 7.89. The molecule has 3 aromatic rings. The number of carbonyl (C=O) groups excluding carboxylic acids is 1. The number of carbonyl (C=O) groups is 1. The van der Waals surface area contributed by atoms with Gasteiger partial charge in [0.05, 0.1) is 22.5 Å². The minimum Gasteiger partial charge on any atom is -0.350 e. The highest BCUT2D eigenvalue weighted by atomic mass is 32.2. The van der Waals surface area contributed by atoms with Gasteiger partial charge in [-0.15, -0.1) is 0 Å². The number of rotatable bonds is 8. The first-order valence-corrected chi connectivity index (χ1v) is 11.9. The van der Waals surface area contributed by atoms with Crippen LogP contribution in [0, 0.1) is 0 Å². The second-order valence-electron chi connectivity index (χ2n) is 8.07. The van der Waals surface area contributed by atoms with Crippen molar-refractivity contribution in [2.75, 3.05) is 7.05 Å². The van der Waals surface area contributed by atoms with E-state index in [-0.39, 0.29) is 23.4 Å². The lowest BCUT2D eigenvalue weighted by Gasteiger charge is -2.17. The molecule has 0 aliphatic rings. The first kappa shape index (κ1) is 23.0. The summed E-state index contributed by atoms with van der Waals surface area (Å²) in [5, 5.41) is 2.87. The van der Waals surface area contributed by atoms with Crippen LogP contribution in [-0.4, -0.2) is 41.3 Å². The summed E-state index contributed by atoms with van der Waals surface area (Å²) >= 11 is 0. The summed E-state index contributed by atoms with van der Waals surface area (Å²) in [6, 6.07) is 12.4. The molecule has 0 saturated carbocycles. The lowest BCUT2D eigenvalue weighted by molar-refractivity contribution is 0.0943. The molecule has 0 fully saturated rings. The molecule has 0 bridgehead atoms. The monoisotopic (exact) mass is 442 g/mol. The quantitative estimate of drug-likeness (QED) is 0.579. The molecule has 0 saturated heterocycles. The smallest absolute Gasteiger partial charge is 0.251 e. The van der Waals surface area contributed by atoms with Gasteiger partial charge in [-0.1, -0.05) is 25.5 Å². The summed E-state index contributed by atoms with van der Waals surface area (Å²) in [6.45, 7) is 6.03. The molecule has 3 rings (SSSR count). The predicted octanol–water partition coefficient (Wildman–Crippen LogP) is 3.48. The minimum atomic E-state index is -3.64. The third-order valence-corrected chi connectivity index (χ3v) is 7.01. The fourth-order valence-electron chi connectivity index (χ4n) is 3.46. The van der Waals surface area contributed by atoms with Gasteiger partial charge in [-0.25, -0.2) is 13.4 Å². The fraction of sp³-hybridized carbons (Fsp3) is 0.391. The van der Waals surface area contributed by atoms with E-state index < -0.39 is 10.0 Å². The van der Waals surface area contributed by atoms with Crippen LogP contribution in [0.3, 0.4) is 0 Å². The lowest BCUT2D eigenvalue weighted by atomic mass is 10.1. The molecule has 31 heavy (non-hydrogen) atoms. The standard InChI is InChI=1S/C23H30N4O3S/c1-6-7-17-8-11-19(12-9-17)31(29,30)26(4)15-22-25-20-14-18(23(28)24-16(2)3)10-13-21(20)27(22)5/h8-14,16H,6-7,15H2,1-5H3,(H,24,28). The third kappa shape index (κ3) is 4.97. The van der Waals surface area contributed by atoms with E-state index in [2.05, 4.69) is 17.2 Å². The van der Waals surface area contributed by atoms with E-state index in [1.807, 2.05) is 43.7 Å². The number of imidazole rings is 1. The molecule has 0 spiro atoms. The van der Waals surface area contributed by atoms with Crippen molar-refractivity contribution in [3.05, 3.63) is 59.4 Å². The molecule has 0 aliphatic heterocycles. The maximum absolute atomic E-state index is 13.0. The topological polar surface area (TPSA) is 84.3 Å². The highest BCUT2D eigenvalue weighted by Crippen LogP contribution is 2.21. The van der Waals surface area contributed by atoms with Crippen LogP contribution in [0.1, 0.15) is 48.9 Å². The van der Waals surface area contributed by atoms with E-state index in [1.165, 1.54) is 4.31 Å². The van der Waals surface area contributed by atoms with Gasteiger partial charge in [0.1, 0.15) is 5.82 Å². The second kappa shape index (κ2) is 9.20. The molecule has 7 nitrogen and oxygen atoms in total. The Morgan fingerprint density at radius 2 is 1.84 bits per heavy atom. The molecular formula is C23H30N4O3S. The van der Waals surface area contributed by atoms with Crippen molar-refractivity contribution >= 4 is 27.0 Å².